The zero-order valence-corrected chi connectivity index (χ0v) is 13.2. The second-order valence-electron chi connectivity index (χ2n) is 6.24. The van der Waals surface area contributed by atoms with E-state index in [4.69, 9.17) is 16.6 Å². The van der Waals surface area contributed by atoms with E-state index in [1.165, 1.54) is 42.6 Å². The van der Waals surface area contributed by atoms with Crippen molar-refractivity contribution in [1.29, 1.82) is 0 Å². The summed E-state index contributed by atoms with van der Waals surface area (Å²) in [5.74, 6) is 2.69. The lowest BCUT2D eigenvalue weighted by atomic mass is 9.87. The molecule has 0 radical (unpaired) electrons. The minimum atomic E-state index is 0.608. The molecule has 1 aromatic heterocycles. The van der Waals surface area contributed by atoms with Gasteiger partial charge in [0.1, 0.15) is 5.82 Å². The number of nitrogens with zero attached hydrogens (tertiary/aromatic N) is 2. The lowest BCUT2D eigenvalue weighted by Gasteiger charge is -2.29. The van der Waals surface area contributed by atoms with Gasteiger partial charge in [0.15, 0.2) is 0 Å². The Balaban J connectivity index is 2.05. The van der Waals surface area contributed by atoms with Crippen molar-refractivity contribution < 1.29 is 0 Å². The first-order valence-corrected chi connectivity index (χ1v) is 8.26. The summed E-state index contributed by atoms with van der Waals surface area (Å²) in [6.07, 6.45) is 6.07. The monoisotopic (exact) mass is 290 g/mol. The van der Waals surface area contributed by atoms with Crippen molar-refractivity contribution in [2.75, 3.05) is 5.88 Å². The number of aryl methyl sites for hydroxylation is 2. The van der Waals surface area contributed by atoms with Crippen LogP contribution in [0.1, 0.15) is 50.0 Å². The summed E-state index contributed by atoms with van der Waals surface area (Å²) in [6, 6.07) is 7.17. The van der Waals surface area contributed by atoms with Crippen molar-refractivity contribution in [3.63, 3.8) is 0 Å². The molecule has 1 saturated carbocycles. The number of alkyl halides is 1. The molecule has 1 heterocycles. The van der Waals surface area contributed by atoms with E-state index in [1.807, 2.05) is 0 Å². The van der Waals surface area contributed by atoms with Gasteiger partial charge in [-0.1, -0.05) is 13.0 Å². The Morgan fingerprint density at radius 1 is 1.25 bits per heavy atom. The number of fused-ring (bicyclic) bond motifs is 1. The molecule has 0 amide bonds. The maximum absolute atomic E-state index is 5.98. The normalized spacial score (nSPS) is 23.4. The maximum Gasteiger partial charge on any atom is 0.111 e. The summed E-state index contributed by atoms with van der Waals surface area (Å²) in [5, 5.41) is 0. The molecule has 3 rings (SSSR count). The third-order valence-electron chi connectivity index (χ3n) is 4.59. The summed E-state index contributed by atoms with van der Waals surface area (Å²) >= 11 is 5.98. The van der Waals surface area contributed by atoms with Crippen LogP contribution < -0.4 is 0 Å². The molecule has 0 bridgehead atoms. The third kappa shape index (κ3) is 2.58. The van der Waals surface area contributed by atoms with Crippen molar-refractivity contribution in [2.45, 2.75) is 52.0 Å². The Morgan fingerprint density at radius 3 is 2.70 bits per heavy atom. The van der Waals surface area contributed by atoms with Crippen LogP contribution in [0.15, 0.2) is 18.2 Å². The molecule has 0 unspecified atom stereocenters. The number of imidazole rings is 1. The van der Waals surface area contributed by atoms with E-state index >= 15 is 0 Å². The lowest BCUT2D eigenvalue weighted by Crippen LogP contribution is -2.19. The van der Waals surface area contributed by atoms with Gasteiger partial charge in [-0.15, -0.1) is 11.6 Å². The van der Waals surface area contributed by atoms with E-state index in [1.54, 1.807) is 0 Å². The molecule has 1 aliphatic rings. The summed E-state index contributed by atoms with van der Waals surface area (Å²) in [7, 11) is 0. The second-order valence-corrected chi connectivity index (χ2v) is 6.62. The summed E-state index contributed by atoms with van der Waals surface area (Å²) in [4.78, 5) is 4.82. The molecule has 2 aromatic rings. The van der Waals surface area contributed by atoms with Gasteiger partial charge in [-0.2, -0.15) is 0 Å². The minimum Gasteiger partial charge on any atom is -0.325 e. The molecule has 0 spiro atoms. The van der Waals surface area contributed by atoms with Crippen LogP contribution >= 0.6 is 11.6 Å². The standard InChI is InChI=1S/C17H23ClN2/c1-12-3-6-14(7-4-12)20-16-11-13(2)5-8-15(16)19-17(20)9-10-18/h5,8,11-12,14H,3-4,6-7,9-10H2,1-2H3. The highest BCUT2D eigenvalue weighted by Crippen LogP contribution is 2.35. The van der Waals surface area contributed by atoms with Gasteiger partial charge in [-0.25, -0.2) is 4.98 Å². The number of aromatic nitrogens is 2. The van der Waals surface area contributed by atoms with Crippen molar-refractivity contribution in [3.8, 4) is 0 Å². The topological polar surface area (TPSA) is 17.8 Å². The molecular formula is C17H23ClN2. The van der Waals surface area contributed by atoms with E-state index in [0.29, 0.717) is 11.9 Å². The molecule has 20 heavy (non-hydrogen) atoms. The van der Waals surface area contributed by atoms with Crippen LogP contribution in [0.4, 0.5) is 0 Å². The molecule has 1 aliphatic carbocycles. The van der Waals surface area contributed by atoms with Crippen molar-refractivity contribution in [1.82, 2.24) is 9.55 Å². The second kappa shape index (κ2) is 5.77. The van der Waals surface area contributed by atoms with Gasteiger partial charge < -0.3 is 4.57 Å². The largest absolute Gasteiger partial charge is 0.325 e. The number of halogens is 1. The van der Waals surface area contributed by atoms with Crippen LogP contribution in [-0.2, 0) is 6.42 Å². The van der Waals surface area contributed by atoms with E-state index in [0.717, 1.165) is 17.9 Å². The fourth-order valence-electron chi connectivity index (χ4n) is 3.42. The minimum absolute atomic E-state index is 0.608. The molecule has 0 saturated heterocycles. The quantitative estimate of drug-likeness (QED) is 0.737. The highest BCUT2D eigenvalue weighted by molar-refractivity contribution is 6.17. The molecule has 0 aliphatic heterocycles. The van der Waals surface area contributed by atoms with E-state index in [9.17, 15) is 0 Å². The van der Waals surface area contributed by atoms with Crippen LogP contribution in [0.25, 0.3) is 11.0 Å². The van der Waals surface area contributed by atoms with Gasteiger partial charge in [0, 0.05) is 18.3 Å². The van der Waals surface area contributed by atoms with Crippen LogP contribution in [-0.4, -0.2) is 15.4 Å². The van der Waals surface area contributed by atoms with Crippen LogP contribution in [0.5, 0.6) is 0 Å². The molecule has 0 N–H and O–H groups in total. The Morgan fingerprint density at radius 2 is 2.00 bits per heavy atom. The predicted octanol–water partition coefficient (Wildman–Crippen LogP) is 4.88. The number of hydrogen-bond donors (Lipinski definition) is 0. The first kappa shape index (κ1) is 13.9. The van der Waals surface area contributed by atoms with Crippen molar-refractivity contribution in [2.24, 2.45) is 5.92 Å². The first-order chi connectivity index (χ1) is 9.69. The summed E-state index contributed by atoms with van der Waals surface area (Å²) < 4.78 is 2.48. The van der Waals surface area contributed by atoms with Gasteiger partial charge in [-0.05, 0) is 56.2 Å². The van der Waals surface area contributed by atoms with Crippen LogP contribution in [0.3, 0.4) is 0 Å². The van der Waals surface area contributed by atoms with Gasteiger partial charge in [0.05, 0.1) is 11.0 Å². The molecule has 108 valence electrons. The molecule has 2 nitrogen and oxygen atoms in total. The smallest absolute Gasteiger partial charge is 0.111 e. The predicted molar refractivity (Wildman–Crippen MR) is 85.6 cm³/mol. The Hall–Kier alpha value is -1.02. The Kier molecular flexibility index (Phi) is 4.02. The van der Waals surface area contributed by atoms with Gasteiger partial charge in [-0.3, -0.25) is 0 Å². The highest BCUT2D eigenvalue weighted by Gasteiger charge is 2.23. The molecule has 1 aromatic carbocycles. The zero-order chi connectivity index (χ0) is 14.1. The van der Waals surface area contributed by atoms with Gasteiger partial charge in [0.25, 0.3) is 0 Å². The van der Waals surface area contributed by atoms with Crippen molar-refractivity contribution in [3.05, 3.63) is 29.6 Å². The Bertz CT molecular complexity index is 594. The number of benzene rings is 1. The zero-order valence-electron chi connectivity index (χ0n) is 12.4. The van der Waals surface area contributed by atoms with Crippen LogP contribution in [0, 0.1) is 12.8 Å². The average molecular weight is 291 g/mol. The SMILES string of the molecule is Cc1ccc2nc(CCCl)n(C3CCC(C)CC3)c2c1. The highest BCUT2D eigenvalue weighted by atomic mass is 35.5. The number of rotatable bonds is 3. The Labute approximate surface area is 126 Å². The van der Waals surface area contributed by atoms with E-state index < -0.39 is 0 Å². The summed E-state index contributed by atoms with van der Waals surface area (Å²) in [5.41, 5.74) is 3.72. The van der Waals surface area contributed by atoms with Crippen molar-refractivity contribution >= 4 is 22.6 Å². The third-order valence-corrected chi connectivity index (χ3v) is 4.78. The van der Waals surface area contributed by atoms with Crippen LogP contribution in [0.2, 0.25) is 0 Å². The molecule has 0 atom stereocenters. The molecule has 3 heteroatoms. The summed E-state index contributed by atoms with van der Waals surface area (Å²) in [6.45, 7) is 4.52. The number of hydrogen-bond acceptors (Lipinski definition) is 1. The van der Waals surface area contributed by atoms with Gasteiger partial charge >= 0.3 is 0 Å². The fraction of sp³-hybridized carbons (Fsp3) is 0.588. The van der Waals surface area contributed by atoms with Gasteiger partial charge in [0.2, 0.25) is 0 Å². The molecular weight excluding hydrogens is 268 g/mol. The fourth-order valence-corrected chi connectivity index (χ4v) is 3.59. The first-order valence-electron chi connectivity index (χ1n) is 7.72. The van der Waals surface area contributed by atoms with E-state index in [2.05, 4.69) is 36.6 Å². The lowest BCUT2D eigenvalue weighted by molar-refractivity contribution is 0.290. The maximum atomic E-state index is 5.98. The average Bonchev–Trinajstić information content (AvgIpc) is 2.78. The van der Waals surface area contributed by atoms with E-state index in [-0.39, 0.29) is 0 Å². The molecule has 1 fully saturated rings.